The predicted octanol–water partition coefficient (Wildman–Crippen LogP) is 4.01. The summed E-state index contributed by atoms with van der Waals surface area (Å²) < 4.78 is 36.1. The maximum atomic E-state index is 12.0. The zero-order valence-electron chi connectivity index (χ0n) is 10.9. The van der Waals surface area contributed by atoms with E-state index >= 15 is 0 Å². The number of carbonyl (C=O) groups is 1. The number of benzene rings is 1. The number of aliphatic hydroxyl groups is 1. The van der Waals surface area contributed by atoms with Gasteiger partial charge in [-0.25, -0.2) is 0 Å². The Labute approximate surface area is 109 Å². The molecule has 0 aliphatic rings. The van der Waals surface area contributed by atoms with Gasteiger partial charge in [-0.15, -0.1) is 0 Å². The third-order valence-electron chi connectivity index (χ3n) is 2.59. The first-order chi connectivity index (χ1) is 8.51. The molecule has 0 fully saturated rings. The first kappa shape index (κ1) is 15.3. The smallest absolute Gasteiger partial charge is 0.454 e. The number of allylic oxidation sites excluding steroid dienone is 1. The van der Waals surface area contributed by atoms with Crippen molar-refractivity contribution < 1.29 is 23.1 Å². The molecule has 104 valence electrons. The van der Waals surface area contributed by atoms with Crippen LogP contribution in [0.2, 0.25) is 0 Å². The molecule has 5 heteroatoms. The number of hydrogen-bond donors (Lipinski definition) is 1. The molecule has 1 aromatic carbocycles. The molecule has 1 aromatic rings. The average molecular weight is 272 g/mol. The lowest BCUT2D eigenvalue weighted by Crippen LogP contribution is -2.20. The van der Waals surface area contributed by atoms with Crippen molar-refractivity contribution in [2.45, 2.75) is 32.4 Å². The molecule has 0 heterocycles. The Balaban J connectivity index is 2.99. The predicted molar refractivity (Wildman–Crippen MR) is 66.8 cm³/mol. The molecule has 0 amide bonds. The van der Waals surface area contributed by atoms with Gasteiger partial charge in [0.1, 0.15) is 5.76 Å². The van der Waals surface area contributed by atoms with Crippen LogP contribution in [0.5, 0.6) is 0 Å². The average Bonchev–Trinajstić information content (AvgIpc) is 2.26. The van der Waals surface area contributed by atoms with Crippen LogP contribution < -0.4 is 0 Å². The van der Waals surface area contributed by atoms with Gasteiger partial charge in [0.15, 0.2) is 0 Å². The van der Waals surface area contributed by atoms with E-state index in [1.807, 2.05) is 20.8 Å². The molecule has 1 rings (SSSR count). The van der Waals surface area contributed by atoms with Crippen molar-refractivity contribution in [1.29, 1.82) is 0 Å². The zero-order valence-corrected chi connectivity index (χ0v) is 10.9. The Bertz CT molecular complexity index is 491. The van der Waals surface area contributed by atoms with Gasteiger partial charge in [0.25, 0.3) is 5.78 Å². The highest BCUT2D eigenvalue weighted by Crippen LogP contribution is 2.24. The van der Waals surface area contributed by atoms with E-state index in [-0.39, 0.29) is 17.1 Å². The Morgan fingerprint density at radius 3 is 1.95 bits per heavy atom. The second-order valence-electron chi connectivity index (χ2n) is 5.22. The lowest BCUT2D eigenvalue weighted by Gasteiger charge is -2.19. The van der Waals surface area contributed by atoms with Gasteiger partial charge < -0.3 is 5.11 Å². The van der Waals surface area contributed by atoms with Crippen LogP contribution in [0.4, 0.5) is 13.2 Å². The standard InChI is InChI=1S/C14H15F3O2/c1-13(2,3)10-6-4-9(5-7-10)11(18)8-12(19)14(15,16)17/h4-8,18H,1-3H3/b11-8-. The first-order valence-corrected chi connectivity index (χ1v) is 5.64. The minimum absolute atomic E-state index is 0.0976. The molecule has 0 saturated carbocycles. The number of alkyl halides is 3. The normalized spacial score (nSPS) is 13.5. The van der Waals surface area contributed by atoms with Crippen LogP contribution in [0.1, 0.15) is 31.9 Å². The Hall–Kier alpha value is -1.78. The van der Waals surface area contributed by atoms with E-state index in [1.54, 1.807) is 12.1 Å². The molecular formula is C14H15F3O2. The maximum absolute atomic E-state index is 12.0. The summed E-state index contributed by atoms with van der Waals surface area (Å²) in [6.07, 6.45) is -4.79. The zero-order chi connectivity index (χ0) is 14.8. The SMILES string of the molecule is CC(C)(C)c1ccc(/C(O)=C/C(=O)C(F)(F)F)cc1. The molecule has 0 unspecified atom stereocenters. The van der Waals surface area contributed by atoms with Gasteiger partial charge in [-0.2, -0.15) is 13.2 Å². The van der Waals surface area contributed by atoms with E-state index < -0.39 is 17.7 Å². The van der Waals surface area contributed by atoms with Crippen molar-refractivity contribution in [2.24, 2.45) is 0 Å². The van der Waals surface area contributed by atoms with Crippen LogP contribution in [-0.4, -0.2) is 17.1 Å². The van der Waals surface area contributed by atoms with Crippen LogP contribution in [-0.2, 0) is 10.2 Å². The van der Waals surface area contributed by atoms with Crippen molar-refractivity contribution in [2.75, 3.05) is 0 Å². The number of hydrogen-bond acceptors (Lipinski definition) is 2. The highest BCUT2D eigenvalue weighted by Gasteiger charge is 2.37. The first-order valence-electron chi connectivity index (χ1n) is 5.64. The highest BCUT2D eigenvalue weighted by atomic mass is 19.4. The van der Waals surface area contributed by atoms with Crippen molar-refractivity contribution >= 4 is 11.5 Å². The van der Waals surface area contributed by atoms with Gasteiger partial charge >= 0.3 is 6.18 Å². The van der Waals surface area contributed by atoms with Gasteiger partial charge in [-0.3, -0.25) is 4.79 Å². The summed E-state index contributed by atoms with van der Waals surface area (Å²) in [7, 11) is 0. The van der Waals surface area contributed by atoms with E-state index in [1.165, 1.54) is 12.1 Å². The number of rotatable bonds is 2. The van der Waals surface area contributed by atoms with E-state index in [0.29, 0.717) is 0 Å². The fraction of sp³-hybridized carbons (Fsp3) is 0.357. The van der Waals surface area contributed by atoms with E-state index in [9.17, 15) is 23.1 Å². The molecule has 0 spiro atoms. The Morgan fingerprint density at radius 1 is 1.11 bits per heavy atom. The van der Waals surface area contributed by atoms with Gasteiger partial charge in [-0.05, 0) is 11.0 Å². The molecule has 0 saturated heterocycles. The number of aliphatic hydroxyl groups excluding tert-OH is 1. The second-order valence-corrected chi connectivity index (χ2v) is 5.22. The fourth-order valence-electron chi connectivity index (χ4n) is 1.43. The van der Waals surface area contributed by atoms with Crippen LogP contribution >= 0.6 is 0 Å². The molecule has 0 aliphatic heterocycles. The van der Waals surface area contributed by atoms with Crippen LogP contribution in [0.25, 0.3) is 5.76 Å². The number of carbonyl (C=O) groups excluding carboxylic acids is 1. The summed E-state index contributed by atoms with van der Waals surface area (Å²) >= 11 is 0. The third kappa shape index (κ3) is 4.12. The summed E-state index contributed by atoms with van der Waals surface area (Å²) in [5.74, 6) is -2.77. The van der Waals surface area contributed by atoms with Gasteiger partial charge in [0.2, 0.25) is 0 Å². The van der Waals surface area contributed by atoms with Crippen molar-refractivity contribution in [3.63, 3.8) is 0 Å². The molecule has 0 aliphatic carbocycles. The summed E-state index contributed by atoms with van der Waals surface area (Å²) in [4.78, 5) is 10.7. The monoisotopic (exact) mass is 272 g/mol. The fourth-order valence-corrected chi connectivity index (χ4v) is 1.43. The molecule has 0 aromatic heterocycles. The van der Waals surface area contributed by atoms with E-state index in [4.69, 9.17) is 0 Å². The summed E-state index contributed by atoms with van der Waals surface area (Å²) in [5, 5.41) is 9.49. The third-order valence-corrected chi connectivity index (χ3v) is 2.59. The molecule has 0 bridgehead atoms. The molecule has 1 N–H and O–H groups in total. The van der Waals surface area contributed by atoms with Crippen molar-refractivity contribution in [1.82, 2.24) is 0 Å². The summed E-state index contributed by atoms with van der Waals surface area (Å²) in [6, 6.07) is 6.38. The molecule has 0 atom stereocenters. The molecular weight excluding hydrogens is 257 g/mol. The summed E-state index contributed by atoms with van der Waals surface area (Å²) in [6.45, 7) is 5.97. The summed E-state index contributed by atoms with van der Waals surface area (Å²) in [5.41, 5.74) is 1.05. The van der Waals surface area contributed by atoms with E-state index in [0.717, 1.165) is 5.56 Å². The maximum Gasteiger partial charge on any atom is 0.454 e. The van der Waals surface area contributed by atoms with Gasteiger partial charge in [0.05, 0.1) is 0 Å². The van der Waals surface area contributed by atoms with Crippen LogP contribution in [0, 0.1) is 0 Å². The van der Waals surface area contributed by atoms with Crippen molar-refractivity contribution in [3.05, 3.63) is 41.5 Å². The Kier molecular flexibility index (Phi) is 4.08. The molecule has 0 radical (unpaired) electrons. The Morgan fingerprint density at radius 2 is 1.58 bits per heavy atom. The van der Waals surface area contributed by atoms with Crippen molar-refractivity contribution in [3.8, 4) is 0 Å². The highest BCUT2D eigenvalue weighted by molar-refractivity contribution is 5.99. The molecule has 2 nitrogen and oxygen atoms in total. The quantitative estimate of drug-likeness (QED) is 0.652. The lowest BCUT2D eigenvalue weighted by atomic mass is 9.86. The van der Waals surface area contributed by atoms with Crippen LogP contribution in [0.3, 0.4) is 0 Å². The largest absolute Gasteiger partial charge is 0.507 e. The second kappa shape index (κ2) is 5.07. The number of ketones is 1. The van der Waals surface area contributed by atoms with Crippen LogP contribution in [0.15, 0.2) is 30.3 Å². The topological polar surface area (TPSA) is 37.3 Å². The number of halogens is 3. The van der Waals surface area contributed by atoms with Gasteiger partial charge in [-0.1, -0.05) is 45.0 Å². The van der Waals surface area contributed by atoms with E-state index in [2.05, 4.69) is 0 Å². The minimum Gasteiger partial charge on any atom is -0.507 e. The lowest BCUT2D eigenvalue weighted by molar-refractivity contribution is -0.165. The van der Waals surface area contributed by atoms with Gasteiger partial charge in [0, 0.05) is 11.6 Å². The minimum atomic E-state index is -4.97. The molecule has 19 heavy (non-hydrogen) atoms.